The Morgan fingerprint density at radius 3 is 2.84 bits per heavy atom. The van der Waals surface area contributed by atoms with Gasteiger partial charge in [0.05, 0.1) is 0 Å². The molecule has 19 heavy (non-hydrogen) atoms. The molecule has 0 bridgehead atoms. The molecule has 0 spiro atoms. The quantitative estimate of drug-likeness (QED) is 0.874. The molecule has 1 aliphatic heterocycles. The number of fused-ring (bicyclic) bond motifs is 1. The van der Waals surface area contributed by atoms with E-state index in [-0.39, 0.29) is 6.03 Å². The second-order valence-corrected chi connectivity index (χ2v) is 5.52. The average Bonchev–Trinajstić information content (AvgIpc) is 2.74. The molecule has 3 N–H and O–H groups in total. The standard InChI is InChI=1S/C15H21N3O/c16-9-8-11-10-18(14-7-2-1-6-13(11)14)15(19)17-12-4-3-5-12/h1-2,6-7,11-12H,3-5,8-10,16H2,(H,17,19). The molecule has 2 amide bonds. The van der Waals surface area contributed by atoms with Crippen LogP contribution in [0.3, 0.4) is 0 Å². The van der Waals surface area contributed by atoms with Gasteiger partial charge in [-0.3, -0.25) is 4.90 Å². The molecule has 1 aromatic carbocycles. The van der Waals surface area contributed by atoms with Gasteiger partial charge in [0.15, 0.2) is 0 Å². The number of nitrogens with one attached hydrogen (secondary N) is 1. The van der Waals surface area contributed by atoms with Crippen molar-refractivity contribution >= 4 is 11.7 Å². The summed E-state index contributed by atoms with van der Waals surface area (Å²) in [7, 11) is 0. The van der Waals surface area contributed by atoms with Gasteiger partial charge in [-0.2, -0.15) is 0 Å². The number of nitrogens with zero attached hydrogens (tertiary/aromatic N) is 1. The van der Waals surface area contributed by atoms with Crippen LogP contribution in [0.1, 0.15) is 37.2 Å². The van der Waals surface area contributed by atoms with Crippen molar-refractivity contribution in [3.05, 3.63) is 29.8 Å². The maximum Gasteiger partial charge on any atom is 0.322 e. The van der Waals surface area contributed by atoms with Crippen molar-refractivity contribution in [3.8, 4) is 0 Å². The Hall–Kier alpha value is -1.55. The number of rotatable bonds is 3. The van der Waals surface area contributed by atoms with E-state index in [1.54, 1.807) is 0 Å². The fourth-order valence-electron chi connectivity index (χ4n) is 2.94. The number of anilines is 1. The summed E-state index contributed by atoms with van der Waals surface area (Å²) in [6.07, 6.45) is 4.41. The van der Waals surface area contributed by atoms with E-state index in [2.05, 4.69) is 11.4 Å². The first-order chi connectivity index (χ1) is 9.29. The molecular formula is C15H21N3O. The zero-order chi connectivity index (χ0) is 13.2. The topological polar surface area (TPSA) is 58.4 Å². The highest BCUT2D eigenvalue weighted by molar-refractivity contribution is 5.94. The van der Waals surface area contributed by atoms with E-state index in [9.17, 15) is 4.79 Å². The van der Waals surface area contributed by atoms with Gasteiger partial charge in [-0.15, -0.1) is 0 Å². The number of hydrogen-bond donors (Lipinski definition) is 2. The summed E-state index contributed by atoms with van der Waals surface area (Å²) in [6.45, 7) is 1.42. The number of hydrogen-bond acceptors (Lipinski definition) is 2. The van der Waals surface area contributed by atoms with Gasteiger partial charge < -0.3 is 11.1 Å². The molecule has 1 saturated carbocycles. The van der Waals surface area contributed by atoms with Crippen molar-refractivity contribution in [2.45, 2.75) is 37.6 Å². The zero-order valence-electron chi connectivity index (χ0n) is 11.1. The maximum atomic E-state index is 12.3. The molecule has 4 heteroatoms. The van der Waals surface area contributed by atoms with E-state index < -0.39 is 0 Å². The Morgan fingerprint density at radius 1 is 1.37 bits per heavy atom. The number of carbonyl (C=O) groups is 1. The van der Waals surface area contributed by atoms with Crippen LogP contribution in [0.4, 0.5) is 10.5 Å². The maximum absolute atomic E-state index is 12.3. The van der Waals surface area contributed by atoms with Crippen LogP contribution in [0.5, 0.6) is 0 Å². The average molecular weight is 259 g/mol. The summed E-state index contributed by atoms with van der Waals surface area (Å²) in [5.41, 5.74) is 7.99. The third-order valence-corrected chi connectivity index (χ3v) is 4.26. The molecule has 1 unspecified atom stereocenters. The molecule has 102 valence electrons. The van der Waals surface area contributed by atoms with Crippen LogP contribution in [-0.2, 0) is 0 Å². The van der Waals surface area contributed by atoms with Gasteiger partial charge >= 0.3 is 6.03 Å². The first-order valence-electron chi connectivity index (χ1n) is 7.16. The first-order valence-corrected chi connectivity index (χ1v) is 7.16. The van der Waals surface area contributed by atoms with E-state index in [0.29, 0.717) is 18.5 Å². The minimum atomic E-state index is 0.0525. The van der Waals surface area contributed by atoms with Crippen molar-refractivity contribution in [1.82, 2.24) is 5.32 Å². The van der Waals surface area contributed by atoms with E-state index in [4.69, 9.17) is 5.73 Å². The Labute approximate surface area is 114 Å². The molecule has 0 saturated heterocycles. The highest BCUT2D eigenvalue weighted by atomic mass is 16.2. The van der Waals surface area contributed by atoms with Crippen LogP contribution < -0.4 is 16.0 Å². The van der Waals surface area contributed by atoms with Crippen LogP contribution in [0.15, 0.2) is 24.3 Å². The second kappa shape index (κ2) is 5.21. The van der Waals surface area contributed by atoms with Gasteiger partial charge in [-0.05, 0) is 43.9 Å². The fraction of sp³-hybridized carbons (Fsp3) is 0.533. The largest absolute Gasteiger partial charge is 0.335 e. The first kappa shape index (κ1) is 12.5. The normalized spacial score (nSPS) is 21.9. The van der Waals surface area contributed by atoms with Crippen LogP contribution in [-0.4, -0.2) is 25.2 Å². The molecule has 0 radical (unpaired) electrons. The molecule has 1 heterocycles. The van der Waals surface area contributed by atoms with E-state index in [0.717, 1.165) is 31.5 Å². The third kappa shape index (κ3) is 2.32. The molecular weight excluding hydrogens is 238 g/mol. The van der Waals surface area contributed by atoms with Crippen molar-refractivity contribution in [1.29, 1.82) is 0 Å². The van der Waals surface area contributed by atoms with Crippen LogP contribution in [0.25, 0.3) is 0 Å². The van der Waals surface area contributed by atoms with Crippen molar-refractivity contribution in [3.63, 3.8) is 0 Å². The summed E-state index contributed by atoms with van der Waals surface area (Å²) in [5, 5.41) is 3.12. The van der Waals surface area contributed by atoms with Gasteiger partial charge in [-0.25, -0.2) is 4.79 Å². The number of urea groups is 1. The van der Waals surface area contributed by atoms with E-state index in [1.807, 2.05) is 23.1 Å². The summed E-state index contributed by atoms with van der Waals surface area (Å²) < 4.78 is 0. The van der Waals surface area contributed by atoms with Gasteiger partial charge in [0.2, 0.25) is 0 Å². The Balaban J connectivity index is 1.77. The van der Waals surface area contributed by atoms with Gasteiger partial charge in [0.25, 0.3) is 0 Å². The lowest BCUT2D eigenvalue weighted by atomic mass is 9.93. The number of para-hydroxylation sites is 1. The molecule has 1 atom stereocenters. The monoisotopic (exact) mass is 259 g/mol. The number of nitrogens with two attached hydrogens (primary N) is 1. The lowest BCUT2D eigenvalue weighted by Crippen LogP contribution is -2.47. The Kier molecular flexibility index (Phi) is 3.42. The van der Waals surface area contributed by atoms with Crippen LogP contribution in [0.2, 0.25) is 0 Å². The van der Waals surface area contributed by atoms with Crippen molar-refractivity contribution in [2.75, 3.05) is 18.0 Å². The Bertz CT molecular complexity index is 470. The molecule has 0 aromatic heterocycles. The summed E-state index contributed by atoms with van der Waals surface area (Å²) in [5.74, 6) is 0.383. The lowest BCUT2D eigenvalue weighted by Gasteiger charge is -2.29. The zero-order valence-corrected chi connectivity index (χ0v) is 11.1. The van der Waals surface area contributed by atoms with Crippen LogP contribution >= 0.6 is 0 Å². The highest BCUT2D eigenvalue weighted by Gasteiger charge is 2.32. The molecule has 1 aromatic rings. The number of carbonyl (C=O) groups excluding carboxylic acids is 1. The lowest BCUT2D eigenvalue weighted by molar-refractivity contribution is 0.234. The summed E-state index contributed by atoms with van der Waals surface area (Å²) >= 11 is 0. The van der Waals surface area contributed by atoms with E-state index >= 15 is 0 Å². The predicted molar refractivity (Wildman–Crippen MR) is 76.4 cm³/mol. The summed E-state index contributed by atoms with van der Waals surface area (Å²) in [4.78, 5) is 14.2. The minimum absolute atomic E-state index is 0.0525. The third-order valence-electron chi connectivity index (χ3n) is 4.26. The molecule has 3 rings (SSSR count). The molecule has 1 aliphatic carbocycles. The summed E-state index contributed by atoms with van der Waals surface area (Å²) in [6, 6.07) is 8.62. The predicted octanol–water partition coefficient (Wildman–Crippen LogP) is 2.20. The number of amides is 2. The van der Waals surface area contributed by atoms with E-state index in [1.165, 1.54) is 12.0 Å². The highest BCUT2D eigenvalue weighted by Crippen LogP contribution is 2.37. The fourth-order valence-corrected chi connectivity index (χ4v) is 2.94. The Morgan fingerprint density at radius 2 is 2.16 bits per heavy atom. The van der Waals surface area contributed by atoms with Gasteiger partial charge in [0.1, 0.15) is 0 Å². The van der Waals surface area contributed by atoms with Gasteiger partial charge in [0, 0.05) is 24.2 Å². The minimum Gasteiger partial charge on any atom is -0.335 e. The van der Waals surface area contributed by atoms with Crippen molar-refractivity contribution in [2.24, 2.45) is 5.73 Å². The van der Waals surface area contributed by atoms with Crippen LogP contribution in [0, 0.1) is 0 Å². The van der Waals surface area contributed by atoms with Gasteiger partial charge in [-0.1, -0.05) is 18.2 Å². The molecule has 4 nitrogen and oxygen atoms in total. The van der Waals surface area contributed by atoms with Crippen molar-refractivity contribution < 1.29 is 4.79 Å². The number of benzene rings is 1. The second-order valence-electron chi connectivity index (χ2n) is 5.52. The molecule has 2 aliphatic rings. The smallest absolute Gasteiger partial charge is 0.322 e. The SMILES string of the molecule is NCCC1CN(C(=O)NC2CCC2)c2ccccc21. The molecule has 1 fully saturated rings.